The van der Waals surface area contributed by atoms with Crippen molar-refractivity contribution in [2.24, 2.45) is 5.92 Å². The molecule has 176 valence electrons. The van der Waals surface area contributed by atoms with Crippen LogP contribution in [0.25, 0.3) is 11.1 Å². The Kier molecular flexibility index (Phi) is 8.51. The summed E-state index contributed by atoms with van der Waals surface area (Å²) >= 11 is 0. The van der Waals surface area contributed by atoms with Gasteiger partial charge in [0.2, 0.25) is 0 Å². The van der Waals surface area contributed by atoms with E-state index in [9.17, 15) is 14.4 Å². The van der Waals surface area contributed by atoms with Crippen LogP contribution in [0.5, 0.6) is 0 Å². The zero-order valence-corrected chi connectivity index (χ0v) is 19.2. The molecule has 0 unspecified atom stereocenters. The molecule has 0 spiro atoms. The lowest BCUT2D eigenvalue weighted by atomic mass is 9.94. The van der Waals surface area contributed by atoms with Crippen molar-refractivity contribution in [3.8, 4) is 11.1 Å². The third kappa shape index (κ3) is 6.75. The van der Waals surface area contributed by atoms with E-state index < -0.39 is 17.8 Å². The van der Waals surface area contributed by atoms with Gasteiger partial charge in [-0.05, 0) is 48.6 Å². The number of rotatable bonds is 10. The molecule has 2 aromatic carbocycles. The average molecular weight is 461 g/mol. The molecule has 0 saturated carbocycles. The third-order valence-corrected chi connectivity index (χ3v) is 5.45. The van der Waals surface area contributed by atoms with Gasteiger partial charge in [-0.25, -0.2) is 9.78 Å². The van der Waals surface area contributed by atoms with Crippen LogP contribution in [0, 0.1) is 5.92 Å². The van der Waals surface area contributed by atoms with Crippen LogP contribution in [-0.2, 0) is 16.0 Å². The second-order valence-electron chi connectivity index (χ2n) is 8.06. The number of benzene rings is 2. The van der Waals surface area contributed by atoms with Gasteiger partial charge in [0.05, 0.1) is 12.5 Å². The first-order chi connectivity index (χ1) is 16.4. The van der Waals surface area contributed by atoms with Gasteiger partial charge in [-0.2, -0.15) is 0 Å². The lowest BCUT2D eigenvalue weighted by molar-refractivity contribution is -0.147. The highest BCUT2D eigenvalue weighted by Gasteiger charge is 2.23. The first-order valence-corrected chi connectivity index (χ1v) is 11.2. The Labute approximate surface area is 198 Å². The van der Waals surface area contributed by atoms with Gasteiger partial charge in [-0.15, -0.1) is 0 Å². The van der Waals surface area contributed by atoms with Crippen LogP contribution >= 0.6 is 0 Å². The highest BCUT2D eigenvalue weighted by molar-refractivity contribution is 5.96. The highest BCUT2D eigenvalue weighted by Crippen LogP contribution is 2.21. The second-order valence-corrected chi connectivity index (χ2v) is 8.06. The maximum Gasteiger partial charge on any atom is 0.354 e. The molecule has 0 fully saturated rings. The summed E-state index contributed by atoms with van der Waals surface area (Å²) in [6.45, 7) is 3.81. The van der Waals surface area contributed by atoms with Crippen LogP contribution in [0.15, 0.2) is 72.9 Å². The number of carbonyl (C=O) groups excluding carboxylic acids is 2. The Morgan fingerprint density at radius 3 is 2.32 bits per heavy atom. The smallest absolute Gasteiger partial charge is 0.354 e. The van der Waals surface area contributed by atoms with E-state index in [1.807, 2.05) is 54.6 Å². The molecule has 0 aliphatic carbocycles. The molecule has 1 aromatic heterocycles. The van der Waals surface area contributed by atoms with E-state index in [1.54, 1.807) is 13.8 Å². The molecule has 0 saturated heterocycles. The Morgan fingerprint density at radius 1 is 1.00 bits per heavy atom. The van der Waals surface area contributed by atoms with Gasteiger partial charge >= 0.3 is 11.9 Å². The second kappa shape index (κ2) is 11.7. The normalized spacial score (nSPS) is 12.4. The number of aromatic carboxylic acids is 1. The number of carboxylic acid groups (broad SMARTS) is 1. The van der Waals surface area contributed by atoms with E-state index in [0.717, 1.165) is 16.7 Å². The van der Waals surface area contributed by atoms with E-state index in [0.29, 0.717) is 12.8 Å². The zero-order chi connectivity index (χ0) is 24.5. The van der Waals surface area contributed by atoms with Gasteiger partial charge in [-0.3, -0.25) is 9.59 Å². The van der Waals surface area contributed by atoms with Gasteiger partial charge in [-0.1, -0.05) is 61.5 Å². The van der Waals surface area contributed by atoms with E-state index in [4.69, 9.17) is 9.84 Å². The number of nitrogens with zero attached hydrogens (tertiary/aromatic N) is 1. The number of esters is 1. The number of amides is 1. The predicted molar refractivity (Wildman–Crippen MR) is 128 cm³/mol. The zero-order valence-electron chi connectivity index (χ0n) is 19.2. The van der Waals surface area contributed by atoms with E-state index in [-0.39, 0.29) is 29.9 Å². The summed E-state index contributed by atoms with van der Waals surface area (Å²) in [5, 5.41) is 12.1. The van der Waals surface area contributed by atoms with Gasteiger partial charge < -0.3 is 15.2 Å². The Hall–Kier alpha value is -4.00. The van der Waals surface area contributed by atoms with Gasteiger partial charge in [0.1, 0.15) is 5.69 Å². The Balaban J connectivity index is 1.77. The van der Waals surface area contributed by atoms with Crippen LogP contribution in [0.4, 0.5) is 0 Å². The topological polar surface area (TPSA) is 106 Å². The fraction of sp³-hybridized carbons (Fsp3) is 0.259. The first-order valence-electron chi connectivity index (χ1n) is 11.2. The number of pyridine rings is 1. The van der Waals surface area contributed by atoms with Crippen molar-refractivity contribution in [1.29, 1.82) is 0 Å². The van der Waals surface area contributed by atoms with Crippen molar-refractivity contribution < 1.29 is 24.2 Å². The predicted octanol–water partition coefficient (Wildman–Crippen LogP) is 4.38. The van der Waals surface area contributed by atoms with E-state index in [1.165, 1.54) is 18.3 Å². The van der Waals surface area contributed by atoms with Crippen LogP contribution in [-0.4, -0.2) is 40.6 Å². The molecule has 7 heteroatoms. The summed E-state index contributed by atoms with van der Waals surface area (Å²) < 4.78 is 5.13. The molecule has 1 amide bonds. The number of carboxylic acids is 1. The van der Waals surface area contributed by atoms with Crippen molar-refractivity contribution in [2.75, 3.05) is 6.61 Å². The summed E-state index contributed by atoms with van der Waals surface area (Å²) in [6.07, 6.45) is 2.17. The minimum Gasteiger partial charge on any atom is -0.477 e. The molecule has 2 atom stereocenters. The quantitative estimate of drug-likeness (QED) is 0.435. The van der Waals surface area contributed by atoms with Crippen molar-refractivity contribution in [1.82, 2.24) is 10.3 Å². The molecule has 0 radical (unpaired) electrons. The number of aromatic nitrogens is 1. The van der Waals surface area contributed by atoms with Gasteiger partial charge in [0.25, 0.3) is 5.91 Å². The van der Waals surface area contributed by atoms with Crippen molar-refractivity contribution in [2.45, 2.75) is 32.7 Å². The van der Waals surface area contributed by atoms with Crippen molar-refractivity contribution >= 4 is 17.8 Å². The Bertz CT molecular complexity index is 1130. The van der Waals surface area contributed by atoms with Crippen molar-refractivity contribution in [3.05, 3.63) is 89.7 Å². The lowest BCUT2D eigenvalue weighted by Crippen LogP contribution is -2.39. The van der Waals surface area contributed by atoms with Crippen LogP contribution in [0.3, 0.4) is 0 Å². The van der Waals surface area contributed by atoms with E-state index >= 15 is 0 Å². The summed E-state index contributed by atoms with van der Waals surface area (Å²) in [7, 11) is 0. The molecule has 34 heavy (non-hydrogen) atoms. The summed E-state index contributed by atoms with van der Waals surface area (Å²) in [5.41, 5.74) is 3.19. The van der Waals surface area contributed by atoms with Crippen LogP contribution in [0.2, 0.25) is 0 Å². The molecular formula is C27H28N2O5. The fourth-order valence-electron chi connectivity index (χ4n) is 3.71. The van der Waals surface area contributed by atoms with Crippen LogP contribution in [0.1, 0.15) is 46.7 Å². The molecule has 2 N–H and O–H groups in total. The summed E-state index contributed by atoms with van der Waals surface area (Å²) in [4.78, 5) is 40.0. The average Bonchev–Trinajstić information content (AvgIpc) is 2.85. The maximum atomic E-state index is 12.9. The largest absolute Gasteiger partial charge is 0.477 e. The molecule has 3 rings (SSSR count). The van der Waals surface area contributed by atoms with Gasteiger partial charge in [0.15, 0.2) is 0 Å². The third-order valence-electron chi connectivity index (χ3n) is 5.45. The van der Waals surface area contributed by atoms with E-state index in [2.05, 4.69) is 10.3 Å². The molecular weight excluding hydrogens is 432 g/mol. The minimum absolute atomic E-state index is 0.195. The number of ether oxygens (including phenoxy) is 1. The maximum absolute atomic E-state index is 12.9. The standard InChI is InChI=1S/C27H28N2O5/c1-3-34-27(33)18(2)15-23(29-25(30)22-13-14-28-24(17-22)26(31)32)16-19-9-11-21(12-10-19)20-7-5-4-6-8-20/h4-14,17-18,23H,3,15-16H2,1-2H3,(H,29,30)(H,31,32)/t18-,23+/m1/s1. The molecule has 3 aromatic rings. The SMILES string of the molecule is CCOC(=O)[C@H](C)C[C@@H](Cc1ccc(-c2ccccc2)cc1)NC(=O)c1ccnc(C(=O)O)c1. The van der Waals surface area contributed by atoms with Gasteiger partial charge in [0, 0.05) is 17.8 Å². The van der Waals surface area contributed by atoms with Crippen LogP contribution < -0.4 is 5.32 Å². The fourth-order valence-corrected chi connectivity index (χ4v) is 3.71. The monoisotopic (exact) mass is 460 g/mol. The molecule has 0 aliphatic rings. The highest BCUT2D eigenvalue weighted by atomic mass is 16.5. The molecule has 0 bridgehead atoms. The molecule has 1 heterocycles. The summed E-state index contributed by atoms with van der Waals surface area (Å²) in [6, 6.07) is 20.4. The summed E-state index contributed by atoms with van der Waals surface area (Å²) in [5.74, 6) is -2.37. The number of carbonyl (C=O) groups is 3. The lowest BCUT2D eigenvalue weighted by Gasteiger charge is -2.22. The number of hydrogen-bond acceptors (Lipinski definition) is 5. The molecule has 0 aliphatic heterocycles. The number of hydrogen-bond donors (Lipinski definition) is 2. The van der Waals surface area contributed by atoms with Crippen molar-refractivity contribution in [3.63, 3.8) is 0 Å². The first kappa shape index (κ1) is 24.6. The number of nitrogens with one attached hydrogen (secondary N) is 1. The Morgan fingerprint density at radius 2 is 1.68 bits per heavy atom. The minimum atomic E-state index is -1.21. The molecule has 7 nitrogen and oxygen atoms in total.